The van der Waals surface area contributed by atoms with Gasteiger partial charge in [0.25, 0.3) is 0 Å². The lowest BCUT2D eigenvalue weighted by atomic mass is 9.98. The maximum atomic E-state index is 13.7. The van der Waals surface area contributed by atoms with E-state index >= 15 is 0 Å². The van der Waals surface area contributed by atoms with Gasteiger partial charge < -0.3 is 9.47 Å². The van der Waals surface area contributed by atoms with E-state index in [1.165, 1.54) is 26.0 Å². The number of benzene rings is 1. The first kappa shape index (κ1) is 21.3. The van der Waals surface area contributed by atoms with Crippen molar-refractivity contribution < 1.29 is 36.6 Å². The summed E-state index contributed by atoms with van der Waals surface area (Å²) in [5.74, 6) is -2.69. The van der Waals surface area contributed by atoms with Gasteiger partial charge in [-0.3, -0.25) is 0 Å². The molecule has 25 heavy (non-hydrogen) atoms. The van der Waals surface area contributed by atoms with Crippen molar-refractivity contribution in [2.24, 2.45) is 0 Å². The zero-order valence-electron chi connectivity index (χ0n) is 13.6. The Labute approximate surface area is 146 Å². The van der Waals surface area contributed by atoms with Crippen LogP contribution in [0.1, 0.15) is 19.4 Å². The van der Waals surface area contributed by atoms with Crippen LogP contribution < -0.4 is 0 Å². The second-order valence-corrected chi connectivity index (χ2v) is 6.34. The maximum absolute atomic E-state index is 13.7. The molecule has 0 saturated carbocycles. The summed E-state index contributed by atoms with van der Waals surface area (Å²) >= 11 is -0.739. The minimum Gasteiger partial charge on any atom is -0.464 e. The zero-order chi connectivity index (χ0) is 19.1. The molecular weight excluding hydrogens is 364 g/mol. The van der Waals surface area contributed by atoms with Gasteiger partial charge in [0.05, 0.1) is 13.2 Å². The van der Waals surface area contributed by atoms with Gasteiger partial charge in [0.2, 0.25) is 4.75 Å². The van der Waals surface area contributed by atoms with Crippen LogP contribution in [-0.2, 0) is 25.5 Å². The first-order valence-corrected chi connectivity index (χ1v) is 8.25. The Balaban J connectivity index is 3.40. The van der Waals surface area contributed by atoms with E-state index < -0.39 is 46.5 Å². The summed E-state index contributed by atoms with van der Waals surface area (Å²) < 4.78 is 59.7. The molecule has 0 aliphatic carbocycles. The molecule has 0 aromatic heterocycles. The molecule has 0 atom stereocenters. The molecule has 9 heteroatoms. The summed E-state index contributed by atoms with van der Waals surface area (Å²) in [6, 6.07) is 7.72. The highest BCUT2D eigenvalue weighted by Crippen LogP contribution is 2.46. The van der Waals surface area contributed by atoms with Crippen molar-refractivity contribution in [1.29, 1.82) is 0 Å². The van der Waals surface area contributed by atoms with Gasteiger partial charge in [0.1, 0.15) is 0 Å². The van der Waals surface area contributed by atoms with Gasteiger partial charge >= 0.3 is 23.6 Å². The van der Waals surface area contributed by atoms with E-state index in [4.69, 9.17) is 9.47 Å². The van der Waals surface area contributed by atoms with Crippen LogP contribution in [0.25, 0.3) is 0 Å². The van der Waals surface area contributed by atoms with Crippen molar-refractivity contribution in [1.82, 2.24) is 0 Å². The van der Waals surface area contributed by atoms with E-state index in [0.717, 1.165) is 0 Å². The third-order valence-electron chi connectivity index (χ3n) is 3.07. The van der Waals surface area contributed by atoms with Crippen molar-refractivity contribution >= 4 is 23.7 Å². The molecule has 4 nitrogen and oxygen atoms in total. The van der Waals surface area contributed by atoms with Gasteiger partial charge in [0, 0.05) is 6.42 Å². The van der Waals surface area contributed by atoms with Crippen molar-refractivity contribution in [3.8, 4) is 0 Å². The van der Waals surface area contributed by atoms with Gasteiger partial charge in [-0.15, -0.1) is 0 Å². The molecule has 0 unspecified atom stereocenters. The fourth-order valence-corrected chi connectivity index (χ4v) is 3.08. The smallest absolute Gasteiger partial charge is 0.354 e. The Bertz CT molecular complexity index is 563. The number of hydrogen-bond acceptors (Lipinski definition) is 5. The van der Waals surface area contributed by atoms with Gasteiger partial charge in [-0.1, -0.05) is 42.1 Å². The molecule has 0 spiro atoms. The first-order chi connectivity index (χ1) is 11.7. The van der Waals surface area contributed by atoms with Crippen LogP contribution in [0.2, 0.25) is 0 Å². The van der Waals surface area contributed by atoms with Crippen LogP contribution in [0.15, 0.2) is 30.3 Å². The molecule has 1 rings (SSSR count). The Kier molecular flexibility index (Phi) is 7.72. The molecule has 0 bridgehead atoms. The quantitative estimate of drug-likeness (QED) is 0.370. The standard InChI is InChI=1S/C16H18F4O4S/c1-3-23-13(21)15(14(22)24-4-2,25-16(19,20)12(17)18)10-11-8-6-5-7-9-11/h5-9,12H,3-4,10H2,1-2H3. The van der Waals surface area contributed by atoms with E-state index in [-0.39, 0.29) is 13.2 Å². The van der Waals surface area contributed by atoms with Crippen LogP contribution in [0.4, 0.5) is 17.6 Å². The molecule has 0 aliphatic heterocycles. The fraction of sp³-hybridized carbons (Fsp3) is 0.500. The summed E-state index contributed by atoms with van der Waals surface area (Å²) in [7, 11) is 0. The van der Waals surface area contributed by atoms with Gasteiger partial charge in [-0.2, -0.15) is 8.78 Å². The van der Waals surface area contributed by atoms with Gasteiger partial charge in [-0.05, 0) is 19.4 Å². The summed E-state index contributed by atoms with van der Waals surface area (Å²) in [6.07, 6.45) is -4.64. The minimum absolute atomic E-state index is 0.213. The number of thioether (sulfide) groups is 1. The normalized spacial score (nSPS) is 12.1. The van der Waals surface area contributed by atoms with Gasteiger partial charge in [0.15, 0.2) is 0 Å². The van der Waals surface area contributed by atoms with Crippen molar-refractivity contribution in [2.45, 2.75) is 36.7 Å². The Hall–Kier alpha value is -1.77. The third-order valence-corrected chi connectivity index (χ3v) is 4.35. The molecule has 1 aromatic carbocycles. The second-order valence-electron chi connectivity index (χ2n) is 4.89. The molecule has 0 saturated heterocycles. The molecular formula is C16H18F4O4S. The Morgan fingerprint density at radius 1 is 1.04 bits per heavy atom. The monoisotopic (exact) mass is 382 g/mol. The molecule has 0 N–H and O–H groups in total. The number of carbonyl (C=O) groups excluding carboxylic acids is 2. The lowest BCUT2D eigenvalue weighted by molar-refractivity contribution is -0.159. The number of carbonyl (C=O) groups is 2. The number of esters is 2. The zero-order valence-corrected chi connectivity index (χ0v) is 14.5. The minimum atomic E-state index is -4.64. The number of halogens is 4. The highest BCUT2D eigenvalue weighted by atomic mass is 32.2. The summed E-state index contributed by atoms with van der Waals surface area (Å²) in [5, 5.41) is -4.64. The average molecular weight is 382 g/mol. The average Bonchev–Trinajstić information content (AvgIpc) is 2.55. The topological polar surface area (TPSA) is 52.6 Å². The molecule has 0 amide bonds. The molecule has 0 heterocycles. The number of hydrogen-bond donors (Lipinski definition) is 0. The van der Waals surface area contributed by atoms with Crippen LogP contribution in [0.3, 0.4) is 0 Å². The number of ether oxygens (including phenoxy) is 2. The molecule has 140 valence electrons. The molecule has 0 radical (unpaired) electrons. The van der Waals surface area contributed by atoms with Crippen LogP contribution >= 0.6 is 11.8 Å². The summed E-state index contributed by atoms with van der Waals surface area (Å²) in [5.41, 5.74) is 0.321. The van der Waals surface area contributed by atoms with E-state index in [2.05, 4.69) is 0 Å². The van der Waals surface area contributed by atoms with E-state index in [9.17, 15) is 27.2 Å². The largest absolute Gasteiger partial charge is 0.464 e. The highest BCUT2D eigenvalue weighted by Gasteiger charge is 2.59. The SMILES string of the molecule is CCOC(=O)C(Cc1ccccc1)(SC(F)(F)C(F)F)C(=O)OCC. The highest BCUT2D eigenvalue weighted by molar-refractivity contribution is 8.03. The number of alkyl halides is 4. The predicted molar refractivity (Wildman–Crippen MR) is 84.7 cm³/mol. The summed E-state index contributed by atoms with van der Waals surface area (Å²) in [6.45, 7) is 2.39. The van der Waals surface area contributed by atoms with Crippen molar-refractivity contribution in [2.75, 3.05) is 13.2 Å². The van der Waals surface area contributed by atoms with E-state index in [1.807, 2.05) is 0 Å². The van der Waals surface area contributed by atoms with Crippen LogP contribution in [0.5, 0.6) is 0 Å². The summed E-state index contributed by atoms with van der Waals surface area (Å²) in [4.78, 5) is 24.7. The van der Waals surface area contributed by atoms with Gasteiger partial charge in [-0.25, -0.2) is 18.4 Å². The van der Waals surface area contributed by atoms with Crippen molar-refractivity contribution in [3.05, 3.63) is 35.9 Å². The van der Waals surface area contributed by atoms with Crippen LogP contribution in [-0.4, -0.2) is 41.6 Å². The lowest BCUT2D eigenvalue weighted by Gasteiger charge is -2.31. The molecule has 1 aromatic rings. The number of rotatable bonds is 9. The predicted octanol–water partition coefficient (Wildman–Crippen LogP) is 3.69. The molecule has 0 aliphatic rings. The second kappa shape index (κ2) is 9.07. The maximum Gasteiger partial charge on any atom is 0.354 e. The lowest BCUT2D eigenvalue weighted by Crippen LogP contribution is -2.51. The van der Waals surface area contributed by atoms with E-state index in [1.54, 1.807) is 18.2 Å². The Morgan fingerprint density at radius 2 is 1.52 bits per heavy atom. The third kappa shape index (κ3) is 5.35. The first-order valence-electron chi connectivity index (χ1n) is 7.44. The molecule has 0 fully saturated rings. The fourth-order valence-electron chi connectivity index (χ4n) is 2.00. The van der Waals surface area contributed by atoms with Crippen LogP contribution in [0, 0.1) is 0 Å². The van der Waals surface area contributed by atoms with Crippen molar-refractivity contribution in [3.63, 3.8) is 0 Å². The van der Waals surface area contributed by atoms with E-state index in [0.29, 0.717) is 5.56 Å². The Morgan fingerprint density at radius 3 is 1.92 bits per heavy atom.